The van der Waals surface area contributed by atoms with Crippen LogP contribution in [0.4, 0.5) is 17.1 Å². The van der Waals surface area contributed by atoms with E-state index < -0.39 is 8.07 Å². The van der Waals surface area contributed by atoms with E-state index in [0.29, 0.717) is 0 Å². The number of benzene rings is 8. The summed E-state index contributed by atoms with van der Waals surface area (Å²) in [7, 11) is -2.84. The molecule has 0 saturated heterocycles. The van der Waals surface area contributed by atoms with Gasteiger partial charge in [0.25, 0.3) is 0 Å². The van der Waals surface area contributed by atoms with Crippen molar-refractivity contribution in [2.75, 3.05) is 4.90 Å². The lowest BCUT2D eigenvalue weighted by molar-refractivity contribution is 0.590. The molecule has 8 aromatic carbocycles. The Morgan fingerprint density at radius 1 is 0.377 bits per heavy atom. The molecular weight excluding hydrogens is 751 g/mol. The Bertz CT molecular complexity index is 3020. The van der Waals surface area contributed by atoms with E-state index in [4.69, 9.17) is 0 Å². The van der Waals surface area contributed by atoms with E-state index >= 15 is 0 Å². The molecule has 0 bridgehead atoms. The fourth-order valence-electron chi connectivity index (χ4n) is 11.0. The summed E-state index contributed by atoms with van der Waals surface area (Å²) >= 11 is 0. The molecular formula is C59H53NSi. The molecule has 0 aromatic heterocycles. The van der Waals surface area contributed by atoms with Crippen LogP contribution in [-0.4, -0.2) is 8.07 Å². The topological polar surface area (TPSA) is 3.24 Å². The third kappa shape index (κ3) is 5.44. The van der Waals surface area contributed by atoms with Gasteiger partial charge in [0.15, 0.2) is 8.07 Å². The molecule has 8 aromatic rings. The van der Waals surface area contributed by atoms with Crippen molar-refractivity contribution in [3.63, 3.8) is 0 Å². The van der Waals surface area contributed by atoms with Gasteiger partial charge in [0.2, 0.25) is 0 Å². The van der Waals surface area contributed by atoms with Crippen LogP contribution in [0.5, 0.6) is 0 Å². The van der Waals surface area contributed by atoms with Crippen LogP contribution in [0, 0.1) is 0 Å². The first-order valence-corrected chi connectivity index (χ1v) is 24.0. The number of hydrogen-bond acceptors (Lipinski definition) is 1. The van der Waals surface area contributed by atoms with Crippen molar-refractivity contribution in [3.8, 4) is 44.5 Å². The lowest BCUT2D eigenvalue weighted by Crippen LogP contribution is -2.71. The lowest BCUT2D eigenvalue weighted by Gasteiger charge is -2.33. The quantitative estimate of drug-likeness (QED) is 0.160. The van der Waals surface area contributed by atoms with Gasteiger partial charge in [-0.15, -0.1) is 0 Å². The van der Waals surface area contributed by atoms with E-state index in [-0.39, 0.29) is 16.2 Å². The highest BCUT2D eigenvalue weighted by Crippen LogP contribution is 2.51. The van der Waals surface area contributed by atoms with Crippen LogP contribution in [0.15, 0.2) is 176 Å². The Kier molecular flexibility index (Phi) is 8.13. The molecule has 61 heavy (non-hydrogen) atoms. The van der Waals surface area contributed by atoms with Crippen molar-refractivity contribution in [3.05, 3.63) is 198 Å². The number of nitrogens with zero attached hydrogens (tertiary/aromatic N) is 1. The molecule has 11 rings (SSSR count). The van der Waals surface area contributed by atoms with Gasteiger partial charge in [0.05, 0.1) is 5.69 Å². The lowest BCUT2D eigenvalue weighted by atomic mass is 9.82. The normalized spacial score (nSPS) is 14.8. The van der Waals surface area contributed by atoms with Gasteiger partial charge < -0.3 is 4.90 Å². The average Bonchev–Trinajstić information content (AvgIpc) is 3.81. The maximum atomic E-state index is 2.61. The van der Waals surface area contributed by atoms with E-state index in [1.807, 2.05) is 0 Å². The molecule has 3 aliphatic rings. The largest absolute Gasteiger partial charge is 0.310 e. The van der Waals surface area contributed by atoms with Gasteiger partial charge in [0, 0.05) is 22.4 Å². The van der Waals surface area contributed by atoms with Crippen molar-refractivity contribution in [2.45, 2.75) is 71.6 Å². The molecule has 0 amide bonds. The summed E-state index contributed by atoms with van der Waals surface area (Å²) in [5, 5.41) is 6.04. The SMILES string of the molecule is CC(C)(C)c1ccc2c(c1)[Si]1(c3ccccc3-c3ccc(N(c4ccc5c(c4)C(C)(C)c4ccccc4-5)c4ccccc4-c4ccccc4)cc31)c1cc(C(C)(C)C)ccc1-2. The molecule has 298 valence electrons. The molecule has 1 spiro atoms. The molecule has 2 aliphatic heterocycles. The summed E-state index contributed by atoms with van der Waals surface area (Å²) in [4.78, 5) is 2.56. The van der Waals surface area contributed by atoms with Crippen LogP contribution < -0.4 is 25.6 Å². The fourth-order valence-corrected chi connectivity index (χ4v) is 16.7. The molecule has 2 heteroatoms. The fraction of sp³-hybridized carbons (Fsp3) is 0.186. The minimum atomic E-state index is -2.84. The Morgan fingerprint density at radius 3 is 1.48 bits per heavy atom. The van der Waals surface area contributed by atoms with Gasteiger partial charge in [-0.1, -0.05) is 201 Å². The Labute approximate surface area is 363 Å². The maximum Gasteiger partial charge on any atom is 0.182 e. The number of para-hydroxylation sites is 1. The second kappa shape index (κ2) is 13.1. The van der Waals surface area contributed by atoms with E-state index in [1.54, 1.807) is 0 Å². The minimum Gasteiger partial charge on any atom is -0.310 e. The van der Waals surface area contributed by atoms with Crippen LogP contribution >= 0.6 is 0 Å². The van der Waals surface area contributed by atoms with Gasteiger partial charge in [-0.3, -0.25) is 0 Å². The first-order valence-electron chi connectivity index (χ1n) is 22.0. The zero-order valence-corrected chi connectivity index (χ0v) is 37.7. The summed E-state index contributed by atoms with van der Waals surface area (Å²) in [6.07, 6.45) is 0. The highest BCUT2D eigenvalue weighted by Gasteiger charge is 2.54. The molecule has 0 atom stereocenters. The third-order valence-corrected chi connectivity index (χ3v) is 19.1. The highest BCUT2D eigenvalue weighted by atomic mass is 28.3. The molecule has 0 N–H and O–H groups in total. The number of fused-ring (bicyclic) bond motifs is 13. The zero-order valence-electron chi connectivity index (χ0n) is 36.7. The van der Waals surface area contributed by atoms with Crippen molar-refractivity contribution >= 4 is 45.9 Å². The van der Waals surface area contributed by atoms with E-state index in [2.05, 4.69) is 236 Å². The van der Waals surface area contributed by atoms with Crippen molar-refractivity contribution in [1.29, 1.82) is 0 Å². The van der Waals surface area contributed by atoms with Gasteiger partial charge in [0.1, 0.15) is 0 Å². The summed E-state index contributed by atoms with van der Waals surface area (Å²) in [6, 6.07) is 67.8. The predicted octanol–water partition coefficient (Wildman–Crippen LogP) is 13.1. The van der Waals surface area contributed by atoms with Gasteiger partial charge in [-0.25, -0.2) is 0 Å². The van der Waals surface area contributed by atoms with E-state index in [1.165, 1.54) is 105 Å². The van der Waals surface area contributed by atoms with Gasteiger partial charge >= 0.3 is 0 Å². The number of anilines is 3. The van der Waals surface area contributed by atoms with Crippen LogP contribution in [-0.2, 0) is 16.2 Å². The van der Waals surface area contributed by atoms with Crippen LogP contribution in [0.2, 0.25) is 0 Å². The Hall–Kier alpha value is -6.22. The average molecular weight is 804 g/mol. The number of hydrogen-bond donors (Lipinski definition) is 0. The molecule has 2 heterocycles. The molecule has 0 saturated carbocycles. The summed E-state index contributed by atoms with van der Waals surface area (Å²) in [5.74, 6) is 0. The standard InChI is InChI=1S/C59H53NSi/c1-57(2,3)39-26-30-47-48-31-27-40(58(4,5)6)35-55(48)61(54(47)34-39)53-25-17-14-22-46(53)49-33-29-42(37-56(49)61)60(52-24-16-13-20-43(52)38-18-10-9-11-19-38)41-28-32-45-44-21-12-15-23-50(44)59(7,8)51(45)36-41/h9-37H,1-8H3. The van der Waals surface area contributed by atoms with Crippen molar-refractivity contribution < 1.29 is 0 Å². The first kappa shape index (κ1) is 37.8. The van der Waals surface area contributed by atoms with Gasteiger partial charge in [-0.05, 0) is 123 Å². The van der Waals surface area contributed by atoms with Gasteiger partial charge in [-0.2, -0.15) is 0 Å². The Balaban J connectivity index is 1.22. The second-order valence-corrected chi connectivity index (χ2v) is 23.8. The molecule has 0 unspecified atom stereocenters. The zero-order chi connectivity index (χ0) is 42.1. The third-order valence-electron chi connectivity index (χ3n) is 14.2. The first-order chi connectivity index (χ1) is 29.3. The van der Waals surface area contributed by atoms with Crippen molar-refractivity contribution in [1.82, 2.24) is 0 Å². The molecule has 1 nitrogen and oxygen atoms in total. The minimum absolute atomic E-state index is 0.0116. The summed E-state index contributed by atoms with van der Waals surface area (Å²) < 4.78 is 0. The van der Waals surface area contributed by atoms with E-state index in [0.717, 1.165) is 0 Å². The maximum absolute atomic E-state index is 2.84. The molecule has 0 radical (unpaired) electrons. The van der Waals surface area contributed by atoms with Crippen LogP contribution in [0.25, 0.3) is 44.5 Å². The van der Waals surface area contributed by atoms with Crippen LogP contribution in [0.1, 0.15) is 77.6 Å². The van der Waals surface area contributed by atoms with Crippen LogP contribution in [0.3, 0.4) is 0 Å². The molecule has 1 aliphatic carbocycles. The monoisotopic (exact) mass is 803 g/mol. The highest BCUT2D eigenvalue weighted by molar-refractivity contribution is 7.24. The number of rotatable bonds is 4. The predicted molar refractivity (Wildman–Crippen MR) is 263 cm³/mol. The van der Waals surface area contributed by atoms with E-state index in [9.17, 15) is 0 Å². The summed E-state index contributed by atoms with van der Waals surface area (Å²) in [5.41, 5.74) is 19.6. The Morgan fingerprint density at radius 2 is 0.836 bits per heavy atom. The molecule has 0 fully saturated rings. The second-order valence-electron chi connectivity index (χ2n) is 20.2. The smallest absolute Gasteiger partial charge is 0.182 e. The van der Waals surface area contributed by atoms with Crippen molar-refractivity contribution in [2.24, 2.45) is 0 Å². The summed E-state index contributed by atoms with van der Waals surface area (Å²) in [6.45, 7) is 18.9.